The Morgan fingerprint density at radius 2 is 1.69 bits per heavy atom. The number of carbonyl (C=O) groups is 1. The van der Waals surface area contributed by atoms with Crippen LogP contribution in [0.25, 0.3) is 17.1 Å². The summed E-state index contributed by atoms with van der Waals surface area (Å²) in [7, 11) is 0. The Bertz CT molecular complexity index is 1150. The Labute approximate surface area is 178 Å². The normalized spacial score (nSPS) is 11.2. The highest BCUT2D eigenvalue weighted by Gasteiger charge is 2.11. The van der Waals surface area contributed by atoms with E-state index < -0.39 is 0 Å². The summed E-state index contributed by atoms with van der Waals surface area (Å²) in [6.07, 6.45) is 4.21. The van der Waals surface area contributed by atoms with Crippen molar-refractivity contribution in [2.24, 2.45) is 0 Å². The summed E-state index contributed by atoms with van der Waals surface area (Å²) in [5.74, 6) is 0.713. The van der Waals surface area contributed by atoms with E-state index in [1.54, 1.807) is 12.1 Å². The molecule has 0 aliphatic rings. The number of allylic oxidation sites excluding steroid dienone is 1. The lowest BCUT2D eigenvalue weighted by atomic mass is 10.2. The van der Waals surface area contributed by atoms with Gasteiger partial charge in [-0.2, -0.15) is 0 Å². The highest BCUT2D eigenvalue weighted by molar-refractivity contribution is 9.10. The number of nitrogens with one attached hydrogen (secondary N) is 1. The summed E-state index contributed by atoms with van der Waals surface area (Å²) < 4.78 is 3.08. The maximum Gasteiger partial charge on any atom is 0.251 e. The first kappa shape index (κ1) is 19.2. The number of aromatic nitrogens is 2. The SMILES string of the molecule is O=C(NCc1nc2ccccc2n1C/C=C/c1ccccc1)c1ccc(Br)cc1. The van der Waals surface area contributed by atoms with Crippen LogP contribution in [0.15, 0.2) is 89.4 Å². The molecule has 0 spiro atoms. The van der Waals surface area contributed by atoms with E-state index in [0.29, 0.717) is 18.7 Å². The van der Waals surface area contributed by atoms with Gasteiger partial charge in [-0.05, 0) is 42.0 Å². The van der Waals surface area contributed by atoms with E-state index >= 15 is 0 Å². The fourth-order valence-electron chi connectivity index (χ4n) is 3.19. The minimum Gasteiger partial charge on any atom is -0.345 e. The second kappa shape index (κ2) is 8.88. The molecular weight excluding hydrogens is 426 g/mol. The van der Waals surface area contributed by atoms with E-state index in [2.05, 4.69) is 56.2 Å². The number of benzene rings is 3. The third-order valence-corrected chi connectivity index (χ3v) is 5.17. The molecule has 1 amide bonds. The van der Waals surface area contributed by atoms with Crippen molar-refractivity contribution in [1.82, 2.24) is 14.9 Å². The van der Waals surface area contributed by atoms with E-state index in [1.807, 2.05) is 48.5 Å². The Kier molecular flexibility index (Phi) is 5.86. The first-order chi connectivity index (χ1) is 14.2. The topological polar surface area (TPSA) is 46.9 Å². The predicted molar refractivity (Wildman–Crippen MR) is 121 cm³/mol. The Hall–Kier alpha value is -3.18. The molecule has 1 aromatic heterocycles. The second-order valence-electron chi connectivity index (χ2n) is 6.63. The molecule has 29 heavy (non-hydrogen) atoms. The molecule has 0 atom stereocenters. The molecule has 0 fully saturated rings. The monoisotopic (exact) mass is 445 g/mol. The average molecular weight is 446 g/mol. The first-order valence-corrected chi connectivity index (χ1v) is 10.2. The Balaban J connectivity index is 1.53. The van der Waals surface area contributed by atoms with Gasteiger partial charge >= 0.3 is 0 Å². The molecule has 4 nitrogen and oxygen atoms in total. The molecule has 0 aliphatic carbocycles. The fourth-order valence-corrected chi connectivity index (χ4v) is 3.45. The van der Waals surface area contributed by atoms with E-state index in [-0.39, 0.29) is 5.91 Å². The quantitative estimate of drug-likeness (QED) is 0.429. The summed E-state index contributed by atoms with van der Waals surface area (Å²) in [5.41, 5.74) is 3.76. The summed E-state index contributed by atoms with van der Waals surface area (Å²) in [6, 6.07) is 25.5. The molecular formula is C24H20BrN3O. The van der Waals surface area contributed by atoms with Gasteiger partial charge in [0.15, 0.2) is 0 Å². The van der Waals surface area contributed by atoms with Crippen LogP contribution in [-0.2, 0) is 13.1 Å². The number of carbonyl (C=O) groups excluding carboxylic acids is 1. The van der Waals surface area contributed by atoms with Crippen LogP contribution >= 0.6 is 15.9 Å². The zero-order chi connectivity index (χ0) is 20.1. The highest BCUT2D eigenvalue weighted by atomic mass is 79.9. The third-order valence-electron chi connectivity index (χ3n) is 4.64. The zero-order valence-corrected chi connectivity index (χ0v) is 17.3. The maximum atomic E-state index is 12.5. The van der Waals surface area contributed by atoms with Crippen molar-refractivity contribution in [1.29, 1.82) is 0 Å². The number of hydrogen-bond acceptors (Lipinski definition) is 2. The maximum absolute atomic E-state index is 12.5. The van der Waals surface area contributed by atoms with Gasteiger partial charge in [0.25, 0.3) is 5.91 Å². The van der Waals surface area contributed by atoms with E-state index in [0.717, 1.165) is 26.9 Å². The summed E-state index contributed by atoms with van der Waals surface area (Å²) in [5, 5.41) is 2.98. The number of imidazole rings is 1. The largest absolute Gasteiger partial charge is 0.345 e. The van der Waals surface area contributed by atoms with Crippen LogP contribution in [0.4, 0.5) is 0 Å². The van der Waals surface area contributed by atoms with Crippen molar-refractivity contribution in [3.8, 4) is 0 Å². The minimum absolute atomic E-state index is 0.115. The smallest absolute Gasteiger partial charge is 0.251 e. The zero-order valence-electron chi connectivity index (χ0n) is 15.8. The van der Waals surface area contributed by atoms with Gasteiger partial charge in [-0.3, -0.25) is 4.79 Å². The molecule has 0 radical (unpaired) electrons. The number of rotatable bonds is 6. The van der Waals surface area contributed by atoms with Crippen LogP contribution in [0.5, 0.6) is 0 Å². The van der Waals surface area contributed by atoms with E-state index in [1.165, 1.54) is 0 Å². The summed E-state index contributed by atoms with van der Waals surface area (Å²) in [4.78, 5) is 17.2. The Morgan fingerprint density at radius 3 is 2.48 bits per heavy atom. The predicted octanol–water partition coefficient (Wildman–Crippen LogP) is 5.44. The van der Waals surface area contributed by atoms with Crippen molar-refractivity contribution < 1.29 is 4.79 Å². The fraction of sp³-hybridized carbons (Fsp3) is 0.0833. The number of para-hydroxylation sites is 2. The molecule has 0 aliphatic heterocycles. The molecule has 0 saturated carbocycles. The van der Waals surface area contributed by atoms with Gasteiger partial charge in [-0.25, -0.2) is 4.98 Å². The van der Waals surface area contributed by atoms with E-state index in [9.17, 15) is 4.79 Å². The number of halogens is 1. The molecule has 144 valence electrons. The van der Waals surface area contributed by atoms with Gasteiger partial charge in [0.2, 0.25) is 0 Å². The molecule has 4 rings (SSSR count). The van der Waals surface area contributed by atoms with E-state index in [4.69, 9.17) is 4.98 Å². The highest BCUT2D eigenvalue weighted by Crippen LogP contribution is 2.17. The molecule has 4 aromatic rings. The van der Waals surface area contributed by atoms with Crippen LogP contribution in [-0.4, -0.2) is 15.5 Å². The van der Waals surface area contributed by atoms with Gasteiger partial charge in [-0.15, -0.1) is 0 Å². The molecule has 1 heterocycles. The lowest BCUT2D eigenvalue weighted by molar-refractivity contribution is 0.0949. The lowest BCUT2D eigenvalue weighted by Gasteiger charge is -2.08. The van der Waals surface area contributed by atoms with Crippen LogP contribution < -0.4 is 5.32 Å². The molecule has 1 N–H and O–H groups in total. The van der Waals surface area contributed by atoms with Crippen molar-refractivity contribution in [3.05, 3.63) is 106 Å². The van der Waals surface area contributed by atoms with Gasteiger partial charge in [-0.1, -0.05) is 70.5 Å². The van der Waals surface area contributed by atoms with Crippen LogP contribution in [0, 0.1) is 0 Å². The number of nitrogens with zero attached hydrogens (tertiary/aromatic N) is 2. The molecule has 0 unspecified atom stereocenters. The third kappa shape index (κ3) is 4.63. The van der Waals surface area contributed by atoms with Crippen LogP contribution in [0.2, 0.25) is 0 Å². The molecule has 3 aromatic carbocycles. The van der Waals surface area contributed by atoms with Crippen LogP contribution in [0.1, 0.15) is 21.7 Å². The minimum atomic E-state index is -0.115. The molecule has 0 bridgehead atoms. The van der Waals surface area contributed by atoms with Crippen molar-refractivity contribution in [2.75, 3.05) is 0 Å². The van der Waals surface area contributed by atoms with Gasteiger partial charge < -0.3 is 9.88 Å². The van der Waals surface area contributed by atoms with Crippen molar-refractivity contribution >= 4 is 38.9 Å². The number of hydrogen-bond donors (Lipinski definition) is 1. The van der Waals surface area contributed by atoms with Gasteiger partial charge in [0.05, 0.1) is 17.6 Å². The van der Waals surface area contributed by atoms with Crippen molar-refractivity contribution in [3.63, 3.8) is 0 Å². The standard InChI is InChI=1S/C24H20BrN3O/c25-20-14-12-19(13-15-20)24(29)26-17-23-27-21-10-4-5-11-22(21)28(23)16-6-9-18-7-2-1-3-8-18/h1-15H,16-17H2,(H,26,29)/b9-6+. The number of fused-ring (bicyclic) bond motifs is 1. The molecule has 0 saturated heterocycles. The second-order valence-corrected chi connectivity index (χ2v) is 7.55. The van der Waals surface area contributed by atoms with Crippen molar-refractivity contribution in [2.45, 2.75) is 13.1 Å². The Morgan fingerprint density at radius 1 is 0.966 bits per heavy atom. The number of amides is 1. The molecule has 5 heteroatoms. The lowest BCUT2D eigenvalue weighted by Crippen LogP contribution is -2.24. The average Bonchev–Trinajstić information content (AvgIpc) is 3.11. The summed E-state index contributed by atoms with van der Waals surface area (Å²) >= 11 is 3.39. The van der Waals surface area contributed by atoms with Gasteiger partial charge in [0.1, 0.15) is 5.82 Å². The first-order valence-electron chi connectivity index (χ1n) is 9.40. The van der Waals surface area contributed by atoms with Crippen LogP contribution in [0.3, 0.4) is 0 Å². The van der Waals surface area contributed by atoms with Gasteiger partial charge in [0, 0.05) is 16.6 Å². The summed E-state index contributed by atoms with van der Waals surface area (Å²) in [6.45, 7) is 1.04.